The average molecular weight is 458 g/mol. The van der Waals surface area contributed by atoms with Crippen molar-refractivity contribution in [3.8, 4) is 11.5 Å². The number of allylic oxidation sites excluding steroid dienone is 2. The largest absolute Gasteiger partial charge is 0.507 e. The first-order valence-electron chi connectivity index (χ1n) is 12.7. The van der Waals surface area contributed by atoms with Crippen molar-refractivity contribution in [2.24, 2.45) is 5.92 Å². The molecule has 0 fully saturated rings. The van der Waals surface area contributed by atoms with Crippen LogP contribution in [0.3, 0.4) is 0 Å². The van der Waals surface area contributed by atoms with E-state index in [4.69, 9.17) is 4.74 Å². The molecule has 0 bridgehead atoms. The number of ether oxygens (including phenoxy) is 1. The van der Waals surface area contributed by atoms with Crippen LogP contribution in [0.25, 0.3) is 10.9 Å². The summed E-state index contributed by atoms with van der Waals surface area (Å²) < 4.78 is 8.21. The quantitative estimate of drug-likeness (QED) is 0.321. The maximum atomic E-state index is 14.0. The molecule has 4 nitrogen and oxygen atoms in total. The number of phenols is 1. The lowest BCUT2D eigenvalue weighted by Crippen LogP contribution is -2.45. The van der Waals surface area contributed by atoms with Crippen LogP contribution in [0.4, 0.5) is 0 Å². The number of aromatic hydroxyl groups is 1. The number of unbranched alkanes of at least 4 members (excludes halogenated alkanes) is 2. The fourth-order valence-electron chi connectivity index (χ4n) is 5.99. The van der Waals surface area contributed by atoms with Gasteiger partial charge >= 0.3 is 0 Å². The summed E-state index contributed by atoms with van der Waals surface area (Å²) in [5, 5.41) is 12.8. The van der Waals surface area contributed by atoms with Crippen LogP contribution in [0, 0.1) is 5.92 Å². The number of hydrogen-bond acceptors (Lipinski definition) is 3. The molecule has 0 amide bonds. The van der Waals surface area contributed by atoms with Gasteiger partial charge in [-0.3, -0.25) is 9.36 Å². The van der Waals surface area contributed by atoms with Crippen LogP contribution in [0.15, 0.2) is 54.2 Å². The van der Waals surface area contributed by atoms with E-state index in [-0.39, 0.29) is 29.1 Å². The van der Waals surface area contributed by atoms with E-state index in [1.165, 1.54) is 5.57 Å². The van der Waals surface area contributed by atoms with Gasteiger partial charge in [-0.2, -0.15) is 0 Å². The second-order valence-electron chi connectivity index (χ2n) is 10.6. The van der Waals surface area contributed by atoms with Gasteiger partial charge in [-0.15, -0.1) is 0 Å². The van der Waals surface area contributed by atoms with Crippen LogP contribution in [0.1, 0.15) is 87.2 Å². The summed E-state index contributed by atoms with van der Waals surface area (Å²) >= 11 is 0. The molecule has 1 N–H and O–H groups in total. The molecule has 2 heterocycles. The second-order valence-corrected chi connectivity index (χ2v) is 10.6. The van der Waals surface area contributed by atoms with Crippen molar-refractivity contribution in [1.82, 2.24) is 4.57 Å². The summed E-state index contributed by atoms with van der Waals surface area (Å²) in [6, 6.07) is 11.9. The predicted molar refractivity (Wildman–Crippen MR) is 137 cm³/mol. The smallest absolute Gasteiger partial charge is 0.266 e. The second kappa shape index (κ2) is 8.65. The van der Waals surface area contributed by atoms with Crippen molar-refractivity contribution >= 4 is 16.8 Å². The normalized spacial score (nSPS) is 20.9. The van der Waals surface area contributed by atoms with Crippen LogP contribution in [0.5, 0.6) is 11.5 Å². The number of phenolic OH excluding ortho intramolecular Hbond substituents is 1. The molecule has 3 aromatic rings. The Balaban J connectivity index is 1.70. The lowest BCUT2D eigenvalue weighted by molar-refractivity contribution is 0.0107. The number of aromatic nitrogens is 1. The molecule has 0 saturated heterocycles. The van der Waals surface area contributed by atoms with E-state index in [1.54, 1.807) is 4.57 Å². The molecule has 0 spiro atoms. The summed E-state index contributed by atoms with van der Waals surface area (Å²) in [7, 11) is 0. The predicted octanol–water partition coefficient (Wildman–Crippen LogP) is 7.38. The van der Waals surface area contributed by atoms with Crippen molar-refractivity contribution < 1.29 is 14.6 Å². The maximum Gasteiger partial charge on any atom is 0.266 e. The molecule has 34 heavy (non-hydrogen) atoms. The number of nitrogens with zero attached hydrogens (tertiary/aromatic N) is 1. The molecule has 5 rings (SSSR count). The Morgan fingerprint density at radius 3 is 2.79 bits per heavy atom. The molecular weight excluding hydrogens is 422 g/mol. The third-order valence-corrected chi connectivity index (χ3v) is 7.81. The van der Waals surface area contributed by atoms with Crippen molar-refractivity contribution in [3.05, 3.63) is 70.9 Å². The lowest BCUT2D eigenvalue weighted by Gasteiger charge is -2.46. The fourth-order valence-corrected chi connectivity index (χ4v) is 5.99. The Labute approximate surface area is 202 Å². The number of hydrogen-bond donors (Lipinski definition) is 1. The van der Waals surface area contributed by atoms with Crippen molar-refractivity contribution in [2.75, 3.05) is 0 Å². The van der Waals surface area contributed by atoms with E-state index in [0.717, 1.165) is 66.3 Å². The van der Waals surface area contributed by atoms with Gasteiger partial charge in [0.05, 0.1) is 11.1 Å². The highest BCUT2D eigenvalue weighted by atomic mass is 16.5. The Morgan fingerprint density at radius 2 is 2.00 bits per heavy atom. The molecule has 4 heteroatoms. The van der Waals surface area contributed by atoms with Crippen LogP contribution in [-0.4, -0.2) is 21.2 Å². The fraction of sp³-hybridized carbons (Fsp3) is 0.433. The molecule has 2 atom stereocenters. The van der Waals surface area contributed by atoms with Crippen molar-refractivity contribution in [2.45, 2.75) is 77.7 Å². The lowest BCUT2D eigenvalue weighted by atomic mass is 9.67. The van der Waals surface area contributed by atoms with Gasteiger partial charge in [0, 0.05) is 29.0 Å². The minimum atomic E-state index is -0.329. The number of fused-ring (bicyclic) bond motifs is 4. The molecule has 2 unspecified atom stereocenters. The monoisotopic (exact) mass is 457 g/mol. The minimum Gasteiger partial charge on any atom is -0.507 e. The van der Waals surface area contributed by atoms with Crippen LogP contribution in [0.2, 0.25) is 0 Å². The first-order chi connectivity index (χ1) is 16.3. The molecule has 1 aliphatic heterocycles. The number of benzene rings is 2. The number of carbonyl (C=O) groups excluding carboxylic acids is 1. The number of rotatable bonds is 5. The number of aryl methyl sites for hydroxylation is 1. The molecular formula is C30H35NO3. The molecule has 0 saturated carbocycles. The van der Waals surface area contributed by atoms with Gasteiger partial charge in [-0.25, -0.2) is 0 Å². The highest BCUT2D eigenvalue weighted by Gasteiger charge is 2.46. The van der Waals surface area contributed by atoms with Crippen LogP contribution >= 0.6 is 0 Å². The van der Waals surface area contributed by atoms with E-state index in [1.807, 2.05) is 42.6 Å². The topological polar surface area (TPSA) is 51.5 Å². The third kappa shape index (κ3) is 3.73. The van der Waals surface area contributed by atoms with E-state index in [0.29, 0.717) is 5.56 Å². The van der Waals surface area contributed by atoms with Gasteiger partial charge in [0.1, 0.15) is 17.1 Å². The first-order valence-corrected chi connectivity index (χ1v) is 12.7. The van der Waals surface area contributed by atoms with Gasteiger partial charge in [-0.1, -0.05) is 49.6 Å². The van der Waals surface area contributed by atoms with Gasteiger partial charge in [-0.05, 0) is 70.2 Å². The Kier molecular flexibility index (Phi) is 5.79. The Morgan fingerprint density at radius 1 is 1.21 bits per heavy atom. The highest BCUT2D eigenvalue weighted by Crippen LogP contribution is 2.54. The molecule has 178 valence electrons. The Hall–Kier alpha value is -3.01. The number of para-hydroxylation sites is 1. The summed E-state index contributed by atoms with van der Waals surface area (Å²) in [6.45, 7) is 8.64. The van der Waals surface area contributed by atoms with Gasteiger partial charge in [0.2, 0.25) is 0 Å². The summed E-state index contributed by atoms with van der Waals surface area (Å²) in [4.78, 5) is 14.0. The summed E-state index contributed by atoms with van der Waals surface area (Å²) in [5.74, 6) is 0.963. The van der Waals surface area contributed by atoms with E-state index >= 15 is 0 Å². The summed E-state index contributed by atoms with van der Waals surface area (Å²) in [5.41, 5.74) is 3.94. The molecule has 0 radical (unpaired) electrons. The standard InChI is InChI=1S/C30H35NO3/c1-5-6-7-11-21-18-25-27(22-17-19(2)13-14-23(22)30(3,4)34-25)28(32)26(21)29(33)31-16-15-20-10-8-9-12-24(20)31/h8-10,12,15-18,22-23,32H,5-7,11,13-14H2,1-4H3. The van der Waals surface area contributed by atoms with Crippen LogP contribution < -0.4 is 4.74 Å². The highest BCUT2D eigenvalue weighted by molar-refractivity contribution is 6.05. The average Bonchev–Trinajstić information content (AvgIpc) is 3.22. The molecule has 2 aromatic carbocycles. The molecule has 1 aromatic heterocycles. The van der Waals surface area contributed by atoms with Gasteiger partial charge in [0.15, 0.2) is 0 Å². The van der Waals surface area contributed by atoms with Crippen LogP contribution in [-0.2, 0) is 6.42 Å². The summed E-state index contributed by atoms with van der Waals surface area (Å²) in [6.07, 6.45) is 10.0. The Bertz CT molecular complexity index is 1280. The van der Waals surface area contributed by atoms with E-state index < -0.39 is 0 Å². The van der Waals surface area contributed by atoms with E-state index in [2.05, 4.69) is 33.8 Å². The van der Waals surface area contributed by atoms with Crippen molar-refractivity contribution in [3.63, 3.8) is 0 Å². The first kappa shape index (κ1) is 22.8. The molecule has 2 aliphatic rings. The zero-order valence-electron chi connectivity index (χ0n) is 20.7. The molecule has 1 aliphatic carbocycles. The SMILES string of the molecule is CCCCCc1cc2c(c(O)c1C(=O)n1ccc3ccccc31)C1C=C(C)CCC1C(C)(C)O2. The van der Waals surface area contributed by atoms with Crippen molar-refractivity contribution in [1.29, 1.82) is 0 Å². The van der Waals surface area contributed by atoms with E-state index in [9.17, 15) is 9.90 Å². The number of carbonyl (C=O) groups is 1. The zero-order valence-corrected chi connectivity index (χ0v) is 20.7. The van der Waals surface area contributed by atoms with Gasteiger partial charge in [0.25, 0.3) is 5.91 Å². The zero-order chi connectivity index (χ0) is 24.0. The van der Waals surface area contributed by atoms with Gasteiger partial charge < -0.3 is 9.84 Å². The maximum absolute atomic E-state index is 14.0. The third-order valence-electron chi connectivity index (χ3n) is 7.81. The minimum absolute atomic E-state index is 0.0464.